The summed E-state index contributed by atoms with van der Waals surface area (Å²) in [6, 6.07) is 15.0. The van der Waals surface area contributed by atoms with Gasteiger partial charge in [0.1, 0.15) is 0 Å². The van der Waals surface area contributed by atoms with Gasteiger partial charge in [-0.3, -0.25) is 0 Å². The molecular weight excluding hydrogens is 406 g/mol. The van der Waals surface area contributed by atoms with Gasteiger partial charge in [0.2, 0.25) is 0 Å². The molecule has 1 aliphatic heterocycles. The second-order valence-corrected chi connectivity index (χ2v) is 10.8. The zero-order valence-corrected chi connectivity index (χ0v) is 20.7. The molecule has 2 aromatic rings. The topological polar surface area (TPSA) is 50.6 Å². The van der Waals surface area contributed by atoms with Gasteiger partial charge in [-0.2, -0.15) is 0 Å². The summed E-state index contributed by atoms with van der Waals surface area (Å²) >= 11 is 0. The molecule has 2 N–H and O–H groups in total. The van der Waals surface area contributed by atoms with Gasteiger partial charge in [-0.25, -0.2) is 0 Å². The van der Waals surface area contributed by atoms with Crippen molar-refractivity contribution in [3.8, 4) is 11.1 Å². The van der Waals surface area contributed by atoms with E-state index in [1.54, 1.807) is 0 Å². The standard InChI is InChI=1S/C29H41N3O/c1-22-25(10-11-26(27(22)19-31(2)3)24-7-5-4-6-8-24)28(30)12-9-23-13-17-32(18-14-23)20-29(21-33)15-16-29/h4-8,10-11,23,30,33H,9,12-21H2,1-3H3. The van der Waals surface area contributed by atoms with E-state index in [0.29, 0.717) is 6.61 Å². The quantitative estimate of drug-likeness (QED) is 0.482. The van der Waals surface area contributed by atoms with Crippen LogP contribution >= 0.6 is 0 Å². The monoisotopic (exact) mass is 447 g/mol. The lowest BCUT2D eigenvalue weighted by atomic mass is 9.86. The Hall–Kier alpha value is -2.01. The Morgan fingerprint density at radius 3 is 2.39 bits per heavy atom. The number of hydrogen-bond donors (Lipinski definition) is 2. The SMILES string of the molecule is Cc1c(C(=N)CCC2CCN(CC3(CO)CC3)CC2)ccc(-c2ccccc2)c1CN(C)C. The minimum atomic E-state index is 0.225. The maximum Gasteiger partial charge on any atom is 0.0499 e. The van der Waals surface area contributed by atoms with E-state index < -0.39 is 0 Å². The molecule has 0 bridgehead atoms. The van der Waals surface area contributed by atoms with Gasteiger partial charge in [-0.1, -0.05) is 42.5 Å². The molecular formula is C29H41N3O. The first-order valence-electron chi connectivity index (χ1n) is 12.6. The fourth-order valence-corrected chi connectivity index (χ4v) is 5.43. The van der Waals surface area contributed by atoms with Gasteiger partial charge in [-0.15, -0.1) is 0 Å². The molecule has 4 rings (SSSR count). The second kappa shape index (κ2) is 10.5. The molecule has 4 nitrogen and oxygen atoms in total. The van der Waals surface area contributed by atoms with E-state index in [9.17, 15) is 5.11 Å². The highest BCUT2D eigenvalue weighted by Gasteiger charge is 2.43. The first kappa shape index (κ1) is 24.1. The van der Waals surface area contributed by atoms with Gasteiger partial charge in [0.15, 0.2) is 0 Å². The minimum Gasteiger partial charge on any atom is -0.396 e. The number of aliphatic hydroxyl groups excluding tert-OH is 1. The Morgan fingerprint density at radius 1 is 1.09 bits per heavy atom. The van der Waals surface area contributed by atoms with Gasteiger partial charge in [0.05, 0.1) is 0 Å². The summed E-state index contributed by atoms with van der Waals surface area (Å²) < 4.78 is 0. The molecule has 1 saturated carbocycles. The zero-order valence-electron chi connectivity index (χ0n) is 20.7. The van der Waals surface area contributed by atoms with Crippen molar-refractivity contribution in [3.63, 3.8) is 0 Å². The van der Waals surface area contributed by atoms with Gasteiger partial charge >= 0.3 is 0 Å². The largest absolute Gasteiger partial charge is 0.396 e. The van der Waals surface area contributed by atoms with Crippen LogP contribution in [0.25, 0.3) is 11.1 Å². The molecule has 4 heteroatoms. The normalized spacial score (nSPS) is 18.6. The molecule has 0 atom stereocenters. The van der Waals surface area contributed by atoms with Crippen LogP contribution in [0.3, 0.4) is 0 Å². The number of rotatable bonds is 10. The number of likely N-dealkylation sites (tertiary alicyclic amines) is 1. The molecule has 1 aliphatic carbocycles. The summed E-state index contributed by atoms with van der Waals surface area (Å²) in [6.07, 6.45) is 6.82. The summed E-state index contributed by atoms with van der Waals surface area (Å²) in [5.41, 5.74) is 7.24. The molecule has 0 amide bonds. The van der Waals surface area contributed by atoms with Crippen LogP contribution in [0.1, 0.15) is 55.2 Å². The summed E-state index contributed by atoms with van der Waals surface area (Å²) in [5.74, 6) is 0.719. The average molecular weight is 448 g/mol. The van der Waals surface area contributed by atoms with E-state index in [1.807, 2.05) is 0 Å². The van der Waals surface area contributed by atoms with Gasteiger partial charge in [-0.05, 0) is 106 Å². The average Bonchev–Trinajstić information content (AvgIpc) is 3.60. The highest BCUT2D eigenvalue weighted by atomic mass is 16.3. The number of piperidine rings is 1. The summed E-state index contributed by atoms with van der Waals surface area (Å²) in [5, 5.41) is 18.5. The number of benzene rings is 2. The maximum atomic E-state index is 9.61. The van der Waals surface area contributed by atoms with Crippen molar-refractivity contribution in [2.75, 3.05) is 40.3 Å². The lowest BCUT2D eigenvalue weighted by Gasteiger charge is -2.34. The number of hydrogen-bond acceptors (Lipinski definition) is 4. The van der Waals surface area contributed by atoms with Crippen molar-refractivity contribution >= 4 is 5.71 Å². The molecule has 33 heavy (non-hydrogen) atoms. The predicted octanol–water partition coefficient (Wildman–Crippen LogP) is 5.36. The van der Waals surface area contributed by atoms with Crippen LogP contribution in [0.15, 0.2) is 42.5 Å². The molecule has 1 heterocycles. The predicted molar refractivity (Wildman–Crippen MR) is 138 cm³/mol. The molecule has 0 aromatic heterocycles. The molecule has 178 valence electrons. The van der Waals surface area contributed by atoms with Crippen LogP contribution in [-0.2, 0) is 6.54 Å². The van der Waals surface area contributed by atoms with Crippen molar-refractivity contribution in [2.24, 2.45) is 11.3 Å². The van der Waals surface area contributed by atoms with Crippen LogP contribution in [0.4, 0.5) is 0 Å². The van der Waals surface area contributed by atoms with Gasteiger partial charge in [0.25, 0.3) is 0 Å². The molecule has 1 saturated heterocycles. The maximum absolute atomic E-state index is 9.61. The number of nitrogens with one attached hydrogen (secondary N) is 1. The lowest BCUT2D eigenvalue weighted by Crippen LogP contribution is -2.38. The van der Waals surface area contributed by atoms with Crippen LogP contribution in [0, 0.1) is 23.7 Å². The zero-order chi connectivity index (χ0) is 23.4. The highest BCUT2D eigenvalue weighted by Crippen LogP contribution is 2.46. The van der Waals surface area contributed by atoms with E-state index in [4.69, 9.17) is 5.41 Å². The first-order chi connectivity index (χ1) is 15.9. The van der Waals surface area contributed by atoms with Crippen molar-refractivity contribution < 1.29 is 5.11 Å². The van der Waals surface area contributed by atoms with E-state index in [0.717, 1.165) is 56.2 Å². The Kier molecular flexibility index (Phi) is 7.68. The molecule has 2 aromatic carbocycles. The highest BCUT2D eigenvalue weighted by molar-refractivity contribution is 6.00. The fourth-order valence-electron chi connectivity index (χ4n) is 5.43. The minimum absolute atomic E-state index is 0.225. The van der Waals surface area contributed by atoms with Crippen molar-refractivity contribution in [1.82, 2.24) is 9.80 Å². The summed E-state index contributed by atoms with van der Waals surface area (Å²) in [6.45, 7) is 6.80. The number of nitrogens with zero attached hydrogens (tertiary/aromatic N) is 2. The fraction of sp³-hybridized carbons (Fsp3) is 0.552. The molecule has 0 unspecified atom stereocenters. The molecule has 2 fully saturated rings. The molecule has 0 spiro atoms. The second-order valence-electron chi connectivity index (χ2n) is 10.8. The van der Waals surface area contributed by atoms with E-state index in [-0.39, 0.29) is 5.41 Å². The Bertz CT molecular complexity index is 941. The molecule has 2 aliphatic rings. The molecule has 0 radical (unpaired) electrons. The van der Waals surface area contributed by atoms with Crippen molar-refractivity contribution in [2.45, 2.75) is 52.0 Å². The Balaban J connectivity index is 1.38. The van der Waals surface area contributed by atoms with Gasteiger partial charge < -0.3 is 20.3 Å². The van der Waals surface area contributed by atoms with E-state index in [1.165, 1.54) is 47.9 Å². The summed E-state index contributed by atoms with van der Waals surface area (Å²) in [4.78, 5) is 4.78. The lowest BCUT2D eigenvalue weighted by molar-refractivity contribution is 0.115. The summed E-state index contributed by atoms with van der Waals surface area (Å²) in [7, 11) is 4.23. The third-order valence-electron chi connectivity index (χ3n) is 7.84. The van der Waals surface area contributed by atoms with Crippen molar-refractivity contribution in [1.29, 1.82) is 5.41 Å². The van der Waals surface area contributed by atoms with Gasteiger partial charge in [0, 0.05) is 30.8 Å². The van der Waals surface area contributed by atoms with E-state index >= 15 is 0 Å². The third kappa shape index (κ3) is 5.92. The van der Waals surface area contributed by atoms with Crippen LogP contribution in [0.5, 0.6) is 0 Å². The Labute approximate surface area is 200 Å². The number of aliphatic hydroxyl groups is 1. The third-order valence-corrected chi connectivity index (χ3v) is 7.84. The smallest absolute Gasteiger partial charge is 0.0499 e. The van der Waals surface area contributed by atoms with Crippen LogP contribution in [-0.4, -0.2) is 61.0 Å². The van der Waals surface area contributed by atoms with Crippen molar-refractivity contribution in [3.05, 3.63) is 59.2 Å². The Morgan fingerprint density at radius 2 is 1.79 bits per heavy atom. The van der Waals surface area contributed by atoms with Crippen LogP contribution < -0.4 is 0 Å². The first-order valence-corrected chi connectivity index (χ1v) is 12.6. The van der Waals surface area contributed by atoms with Crippen LogP contribution in [0.2, 0.25) is 0 Å². The van der Waals surface area contributed by atoms with E-state index in [2.05, 4.69) is 73.3 Å².